The standard InChI is InChI=1S/C20H19NO4S2/c22-20(25-12-14-11-24-19(21-14)18-8-4-10-26-18)16-6-1-2-7-17(16)27-13-15-5-3-9-23-15/h1-2,4,6-8,10-11,15H,3,5,9,12-13H2. The van der Waals surface area contributed by atoms with E-state index in [0.29, 0.717) is 17.1 Å². The molecule has 4 rings (SSSR count). The summed E-state index contributed by atoms with van der Waals surface area (Å²) in [6, 6.07) is 11.4. The molecule has 0 bridgehead atoms. The third-order valence-corrected chi connectivity index (χ3v) is 6.25. The fourth-order valence-corrected chi connectivity index (χ4v) is 4.59. The minimum absolute atomic E-state index is 0.0818. The largest absolute Gasteiger partial charge is 0.455 e. The van der Waals surface area contributed by atoms with Crippen molar-refractivity contribution in [3.8, 4) is 10.8 Å². The van der Waals surface area contributed by atoms with Crippen molar-refractivity contribution in [2.75, 3.05) is 12.4 Å². The number of nitrogens with zero attached hydrogens (tertiary/aromatic N) is 1. The van der Waals surface area contributed by atoms with Gasteiger partial charge in [-0.3, -0.25) is 0 Å². The molecule has 2 aromatic heterocycles. The van der Waals surface area contributed by atoms with Gasteiger partial charge in [0.15, 0.2) is 0 Å². The summed E-state index contributed by atoms with van der Waals surface area (Å²) >= 11 is 3.19. The molecule has 0 saturated carbocycles. The fourth-order valence-electron chi connectivity index (χ4n) is 2.82. The van der Waals surface area contributed by atoms with Gasteiger partial charge in [-0.2, -0.15) is 0 Å². The lowest BCUT2D eigenvalue weighted by Gasteiger charge is -2.11. The van der Waals surface area contributed by atoms with Crippen LogP contribution in [0, 0.1) is 0 Å². The Morgan fingerprint density at radius 3 is 3.04 bits per heavy atom. The monoisotopic (exact) mass is 401 g/mol. The minimum Gasteiger partial charge on any atom is -0.455 e. The maximum Gasteiger partial charge on any atom is 0.339 e. The summed E-state index contributed by atoms with van der Waals surface area (Å²) in [4.78, 5) is 18.8. The number of oxazole rings is 1. The number of thioether (sulfide) groups is 1. The number of aromatic nitrogens is 1. The van der Waals surface area contributed by atoms with E-state index in [2.05, 4.69) is 4.98 Å². The first kappa shape index (κ1) is 18.3. The van der Waals surface area contributed by atoms with Crippen LogP contribution in [0.5, 0.6) is 0 Å². The second kappa shape index (κ2) is 8.73. The van der Waals surface area contributed by atoms with Gasteiger partial charge >= 0.3 is 5.97 Å². The van der Waals surface area contributed by atoms with Gasteiger partial charge in [-0.15, -0.1) is 23.1 Å². The Morgan fingerprint density at radius 1 is 1.30 bits per heavy atom. The molecule has 1 aromatic carbocycles. The van der Waals surface area contributed by atoms with Crippen LogP contribution < -0.4 is 0 Å². The number of hydrogen-bond donors (Lipinski definition) is 0. The van der Waals surface area contributed by atoms with E-state index < -0.39 is 0 Å². The zero-order valence-electron chi connectivity index (χ0n) is 14.6. The van der Waals surface area contributed by atoms with Gasteiger partial charge in [0.05, 0.1) is 16.5 Å². The molecule has 5 nitrogen and oxygen atoms in total. The summed E-state index contributed by atoms with van der Waals surface area (Å²) in [5.41, 5.74) is 1.17. The van der Waals surface area contributed by atoms with Crippen molar-refractivity contribution < 1.29 is 18.7 Å². The number of ether oxygens (including phenoxy) is 2. The van der Waals surface area contributed by atoms with Crippen LogP contribution in [-0.4, -0.2) is 29.4 Å². The average Bonchev–Trinajstić information content (AvgIpc) is 3.47. The van der Waals surface area contributed by atoms with Crippen molar-refractivity contribution in [2.24, 2.45) is 0 Å². The Balaban J connectivity index is 1.36. The molecular formula is C20H19NO4S2. The Bertz CT molecular complexity index is 885. The SMILES string of the molecule is O=C(OCc1coc(-c2cccs2)n1)c1ccccc1SCC1CCCO1. The average molecular weight is 402 g/mol. The zero-order valence-corrected chi connectivity index (χ0v) is 16.3. The van der Waals surface area contributed by atoms with Crippen LogP contribution >= 0.6 is 23.1 Å². The molecule has 27 heavy (non-hydrogen) atoms. The Hall–Kier alpha value is -2.09. The molecule has 140 valence electrons. The van der Waals surface area contributed by atoms with E-state index in [9.17, 15) is 4.79 Å². The van der Waals surface area contributed by atoms with Gasteiger partial charge in [-0.05, 0) is 36.4 Å². The van der Waals surface area contributed by atoms with Crippen molar-refractivity contribution in [2.45, 2.75) is 30.4 Å². The zero-order chi connectivity index (χ0) is 18.5. The fraction of sp³-hybridized carbons (Fsp3) is 0.300. The highest BCUT2D eigenvalue weighted by atomic mass is 32.2. The smallest absolute Gasteiger partial charge is 0.339 e. The molecule has 1 aliphatic heterocycles. The first-order valence-corrected chi connectivity index (χ1v) is 10.6. The number of hydrogen-bond acceptors (Lipinski definition) is 7. The second-order valence-corrected chi connectivity index (χ2v) is 8.15. The molecular weight excluding hydrogens is 382 g/mol. The van der Waals surface area contributed by atoms with Crippen LogP contribution in [0.1, 0.15) is 28.9 Å². The second-order valence-electron chi connectivity index (χ2n) is 6.14. The van der Waals surface area contributed by atoms with E-state index in [4.69, 9.17) is 13.9 Å². The molecule has 1 fully saturated rings. The maximum atomic E-state index is 12.5. The number of esters is 1. The molecule has 0 N–H and O–H groups in total. The van der Waals surface area contributed by atoms with Gasteiger partial charge in [0.25, 0.3) is 0 Å². The number of rotatable bonds is 7. The first-order valence-electron chi connectivity index (χ1n) is 8.78. The van der Waals surface area contributed by atoms with Crippen LogP contribution in [-0.2, 0) is 16.1 Å². The topological polar surface area (TPSA) is 61.6 Å². The van der Waals surface area contributed by atoms with Crippen molar-refractivity contribution in [3.63, 3.8) is 0 Å². The molecule has 7 heteroatoms. The van der Waals surface area contributed by atoms with Gasteiger partial charge < -0.3 is 13.9 Å². The molecule has 0 radical (unpaired) electrons. The molecule has 1 aliphatic rings. The van der Waals surface area contributed by atoms with Gasteiger partial charge in [0.2, 0.25) is 5.89 Å². The lowest BCUT2D eigenvalue weighted by atomic mass is 10.2. The lowest BCUT2D eigenvalue weighted by molar-refractivity contribution is 0.0463. The maximum absolute atomic E-state index is 12.5. The predicted octanol–water partition coefficient (Wildman–Crippen LogP) is 5.03. The molecule has 0 spiro atoms. The Morgan fingerprint density at radius 2 is 2.22 bits per heavy atom. The summed E-state index contributed by atoms with van der Waals surface area (Å²) in [6.45, 7) is 0.915. The van der Waals surface area contributed by atoms with E-state index in [1.54, 1.807) is 29.2 Å². The van der Waals surface area contributed by atoms with E-state index in [0.717, 1.165) is 35.0 Å². The Labute approximate surface area is 165 Å². The highest BCUT2D eigenvalue weighted by Gasteiger charge is 2.19. The van der Waals surface area contributed by atoms with Crippen molar-refractivity contribution in [3.05, 3.63) is 59.3 Å². The summed E-state index contributed by atoms with van der Waals surface area (Å²) in [7, 11) is 0. The van der Waals surface area contributed by atoms with Gasteiger partial charge in [0.1, 0.15) is 18.6 Å². The Kier molecular flexibility index (Phi) is 5.91. The molecule has 0 aliphatic carbocycles. The van der Waals surface area contributed by atoms with Crippen molar-refractivity contribution in [1.29, 1.82) is 0 Å². The summed E-state index contributed by atoms with van der Waals surface area (Å²) < 4.78 is 16.6. The molecule has 1 atom stereocenters. The summed E-state index contributed by atoms with van der Waals surface area (Å²) in [5, 5.41) is 1.96. The third-order valence-electron chi connectivity index (χ3n) is 4.19. The third kappa shape index (κ3) is 4.61. The van der Waals surface area contributed by atoms with Crippen LogP contribution in [0.15, 0.2) is 57.4 Å². The van der Waals surface area contributed by atoms with E-state index >= 15 is 0 Å². The summed E-state index contributed by atoms with van der Waals surface area (Å²) in [6.07, 6.45) is 3.99. The predicted molar refractivity (Wildman–Crippen MR) is 105 cm³/mol. The normalized spacial score (nSPS) is 16.5. The van der Waals surface area contributed by atoms with E-state index in [1.165, 1.54) is 6.26 Å². The minimum atomic E-state index is -0.355. The molecule has 3 aromatic rings. The lowest BCUT2D eigenvalue weighted by Crippen LogP contribution is -2.10. The van der Waals surface area contributed by atoms with Gasteiger partial charge in [-0.1, -0.05) is 18.2 Å². The van der Waals surface area contributed by atoms with E-state index in [-0.39, 0.29) is 18.7 Å². The highest BCUT2D eigenvalue weighted by Crippen LogP contribution is 2.28. The molecule has 3 heterocycles. The van der Waals surface area contributed by atoms with Crippen molar-refractivity contribution in [1.82, 2.24) is 4.98 Å². The number of carbonyl (C=O) groups is 1. The van der Waals surface area contributed by atoms with Crippen LogP contribution in [0.2, 0.25) is 0 Å². The highest BCUT2D eigenvalue weighted by molar-refractivity contribution is 7.99. The molecule has 1 unspecified atom stereocenters. The number of carbonyl (C=O) groups excluding carboxylic acids is 1. The quantitative estimate of drug-likeness (QED) is 0.409. The number of benzene rings is 1. The number of thiophene rings is 1. The van der Waals surface area contributed by atoms with Gasteiger partial charge in [0, 0.05) is 17.3 Å². The van der Waals surface area contributed by atoms with Gasteiger partial charge in [-0.25, -0.2) is 9.78 Å². The molecule has 0 amide bonds. The van der Waals surface area contributed by atoms with Crippen LogP contribution in [0.25, 0.3) is 10.8 Å². The first-order chi connectivity index (χ1) is 13.3. The van der Waals surface area contributed by atoms with Crippen LogP contribution in [0.3, 0.4) is 0 Å². The van der Waals surface area contributed by atoms with Crippen LogP contribution in [0.4, 0.5) is 0 Å². The van der Waals surface area contributed by atoms with E-state index in [1.807, 2.05) is 35.7 Å². The summed E-state index contributed by atoms with van der Waals surface area (Å²) in [5.74, 6) is 1.03. The van der Waals surface area contributed by atoms with Crippen molar-refractivity contribution >= 4 is 29.1 Å². The molecule has 1 saturated heterocycles.